The monoisotopic (exact) mass is 396 g/mol. The van der Waals surface area contributed by atoms with E-state index >= 15 is 0 Å². The molecule has 0 atom stereocenters. The molecule has 1 aliphatic rings. The van der Waals surface area contributed by atoms with E-state index in [1.54, 1.807) is 0 Å². The van der Waals surface area contributed by atoms with Crippen molar-refractivity contribution in [3.05, 3.63) is 65.7 Å². The Labute approximate surface area is 171 Å². The average Bonchev–Trinajstić information content (AvgIpc) is 3.17. The van der Waals surface area contributed by atoms with E-state index in [9.17, 15) is 9.59 Å². The minimum absolute atomic E-state index is 0.00411. The van der Waals surface area contributed by atoms with Crippen LogP contribution in [0.15, 0.2) is 54.6 Å². The fraction of sp³-hybridized carbons (Fsp3) is 0.391. The number of hydrogen-bond donors (Lipinski definition) is 2. The summed E-state index contributed by atoms with van der Waals surface area (Å²) in [5.41, 5.74) is 3.27. The van der Waals surface area contributed by atoms with Crippen molar-refractivity contribution in [2.45, 2.75) is 38.0 Å². The van der Waals surface area contributed by atoms with Crippen molar-refractivity contribution in [1.29, 1.82) is 0 Å². The van der Waals surface area contributed by atoms with Gasteiger partial charge in [0, 0.05) is 17.6 Å². The number of anilines is 1. The lowest BCUT2D eigenvalue weighted by atomic mass is 9.79. The molecule has 2 aromatic rings. The lowest BCUT2D eigenvalue weighted by Crippen LogP contribution is -2.39. The maximum Gasteiger partial charge on any atom is 0.234 e. The summed E-state index contributed by atoms with van der Waals surface area (Å²) in [6.45, 7) is 2.66. The molecule has 0 heterocycles. The first-order valence-corrected chi connectivity index (χ1v) is 11.0. The quantitative estimate of drug-likeness (QED) is 0.700. The lowest BCUT2D eigenvalue weighted by molar-refractivity contribution is -0.118. The Morgan fingerprint density at radius 3 is 2.39 bits per heavy atom. The molecule has 0 saturated heterocycles. The first kappa shape index (κ1) is 20.5. The molecule has 28 heavy (non-hydrogen) atoms. The molecular weight excluding hydrogens is 368 g/mol. The van der Waals surface area contributed by atoms with Crippen LogP contribution in [0.4, 0.5) is 5.69 Å². The van der Waals surface area contributed by atoms with Crippen LogP contribution in [0, 0.1) is 6.92 Å². The zero-order valence-corrected chi connectivity index (χ0v) is 17.2. The minimum atomic E-state index is -0.0834. The van der Waals surface area contributed by atoms with E-state index in [2.05, 4.69) is 34.9 Å². The van der Waals surface area contributed by atoms with Gasteiger partial charge in [0.2, 0.25) is 11.8 Å². The van der Waals surface area contributed by atoms with Crippen molar-refractivity contribution in [3.8, 4) is 0 Å². The molecule has 1 aliphatic carbocycles. The number of nitrogens with one attached hydrogen (secondary N) is 2. The summed E-state index contributed by atoms with van der Waals surface area (Å²) in [4.78, 5) is 24.3. The van der Waals surface area contributed by atoms with E-state index in [-0.39, 0.29) is 23.0 Å². The van der Waals surface area contributed by atoms with Crippen molar-refractivity contribution in [2.24, 2.45) is 0 Å². The van der Waals surface area contributed by atoms with Gasteiger partial charge in [-0.1, -0.05) is 55.3 Å². The van der Waals surface area contributed by atoms with E-state index in [1.807, 2.05) is 37.3 Å². The summed E-state index contributed by atoms with van der Waals surface area (Å²) >= 11 is 1.35. The molecule has 0 radical (unpaired) electrons. The van der Waals surface area contributed by atoms with Crippen molar-refractivity contribution in [3.63, 3.8) is 0 Å². The van der Waals surface area contributed by atoms with Crippen LogP contribution in [0.5, 0.6) is 0 Å². The standard InChI is InChI=1S/C23H28N2O2S/c1-18-8-7-11-20(14-18)25-22(27)16-28-15-21(26)24-17-23(12-5-6-13-23)19-9-3-2-4-10-19/h2-4,7-11,14H,5-6,12-13,15-17H2,1H3,(H,24,26)(H,25,27). The molecular formula is C23H28N2O2S. The first-order valence-electron chi connectivity index (χ1n) is 9.84. The van der Waals surface area contributed by atoms with Crippen LogP contribution in [0.3, 0.4) is 0 Å². The van der Waals surface area contributed by atoms with Gasteiger partial charge in [-0.25, -0.2) is 0 Å². The van der Waals surface area contributed by atoms with Crippen LogP contribution in [0.1, 0.15) is 36.8 Å². The van der Waals surface area contributed by atoms with Gasteiger partial charge in [0.15, 0.2) is 0 Å². The second kappa shape index (κ2) is 9.78. The maximum absolute atomic E-state index is 12.3. The van der Waals surface area contributed by atoms with E-state index < -0.39 is 0 Å². The Bertz CT molecular complexity index is 801. The second-order valence-electron chi connectivity index (χ2n) is 7.54. The van der Waals surface area contributed by atoms with Crippen LogP contribution < -0.4 is 10.6 Å². The Morgan fingerprint density at radius 2 is 1.68 bits per heavy atom. The van der Waals surface area contributed by atoms with E-state index in [1.165, 1.54) is 30.2 Å². The summed E-state index contributed by atoms with van der Waals surface area (Å²) in [6, 6.07) is 18.2. The Hall–Kier alpha value is -2.27. The van der Waals surface area contributed by atoms with Crippen LogP contribution in [0.2, 0.25) is 0 Å². The van der Waals surface area contributed by atoms with E-state index in [0.717, 1.165) is 24.1 Å². The van der Waals surface area contributed by atoms with Gasteiger partial charge in [-0.05, 0) is 43.0 Å². The van der Waals surface area contributed by atoms with Crippen molar-refractivity contribution < 1.29 is 9.59 Å². The predicted molar refractivity (Wildman–Crippen MR) is 117 cm³/mol. The largest absolute Gasteiger partial charge is 0.354 e. The molecule has 1 fully saturated rings. The minimum Gasteiger partial charge on any atom is -0.354 e. The van der Waals surface area contributed by atoms with Gasteiger partial charge < -0.3 is 10.6 Å². The van der Waals surface area contributed by atoms with Gasteiger partial charge in [0.05, 0.1) is 11.5 Å². The molecule has 0 spiro atoms. The third kappa shape index (κ3) is 5.61. The molecule has 2 aromatic carbocycles. The highest BCUT2D eigenvalue weighted by Crippen LogP contribution is 2.40. The number of rotatable bonds is 8. The van der Waals surface area contributed by atoms with Crippen LogP contribution in [-0.2, 0) is 15.0 Å². The summed E-state index contributed by atoms with van der Waals surface area (Å²) in [7, 11) is 0. The van der Waals surface area contributed by atoms with Crippen molar-refractivity contribution in [2.75, 3.05) is 23.4 Å². The first-order chi connectivity index (χ1) is 13.6. The number of carbonyl (C=O) groups excluding carboxylic acids is 2. The normalized spacial score (nSPS) is 15.2. The maximum atomic E-state index is 12.3. The van der Waals surface area contributed by atoms with E-state index in [4.69, 9.17) is 0 Å². The summed E-state index contributed by atoms with van der Waals surface area (Å²) in [5.74, 6) is 0.479. The van der Waals surface area contributed by atoms with Crippen LogP contribution in [0.25, 0.3) is 0 Å². The third-order valence-corrected chi connectivity index (χ3v) is 6.27. The molecule has 148 valence electrons. The molecule has 2 N–H and O–H groups in total. The predicted octanol–water partition coefficient (Wildman–Crippen LogP) is 4.29. The highest BCUT2D eigenvalue weighted by Gasteiger charge is 2.35. The highest BCUT2D eigenvalue weighted by molar-refractivity contribution is 8.00. The third-order valence-electron chi connectivity index (χ3n) is 5.34. The molecule has 0 bridgehead atoms. The SMILES string of the molecule is Cc1cccc(NC(=O)CSCC(=O)NCC2(c3ccccc3)CCCC2)c1. The molecule has 1 saturated carbocycles. The van der Waals surface area contributed by atoms with Gasteiger partial charge in [-0.15, -0.1) is 11.8 Å². The summed E-state index contributed by atoms with van der Waals surface area (Å²) < 4.78 is 0. The Balaban J connectivity index is 1.42. The number of carbonyl (C=O) groups is 2. The highest BCUT2D eigenvalue weighted by atomic mass is 32.2. The van der Waals surface area contributed by atoms with Gasteiger partial charge in [-0.3, -0.25) is 9.59 Å². The van der Waals surface area contributed by atoms with E-state index in [0.29, 0.717) is 12.3 Å². The fourth-order valence-electron chi connectivity index (χ4n) is 3.89. The van der Waals surface area contributed by atoms with Gasteiger partial charge in [0.1, 0.15) is 0 Å². The van der Waals surface area contributed by atoms with Gasteiger partial charge in [0.25, 0.3) is 0 Å². The molecule has 0 unspecified atom stereocenters. The van der Waals surface area contributed by atoms with Crippen molar-refractivity contribution in [1.82, 2.24) is 5.32 Å². The molecule has 0 aliphatic heterocycles. The summed E-state index contributed by atoms with van der Waals surface area (Å²) in [6.07, 6.45) is 4.64. The van der Waals surface area contributed by atoms with Gasteiger partial charge in [-0.2, -0.15) is 0 Å². The summed E-state index contributed by atoms with van der Waals surface area (Å²) in [5, 5.41) is 5.97. The zero-order valence-electron chi connectivity index (χ0n) is 16.4. The average molecular weight is 397 g/mol. The Kier molecular flexibility index (Phi) is 7.15. The molecule has 3 rings (SSSR count). The van der Waals surface area contributed by atoms with Gasteiger partial charge >= 0.3 is 0 Å². The Morgan fingerprint density at radius 1 is 0.964 bits per heavy atom. The van der Waals surface area contributed by atoms with Crippen LogP contribution in [-0.4, -0.2) is 29.9 Å². The van der Waals surface area contributed by atoms with Crippen molar-refractivity contribution >= 4 is 29.3 Å². The fourth-order valence-corrected chi connectivity index (χ4v) is 4.53. The number of hydrogen-bond acceptors (Lipinski definition) is 3. The second-order valence-corrected chi connectivity index (χ2v) is 8.53. The molecule has 4 nitrogen and oxygen atoms in total. The smallest absolute Gasteiger partial charge is 0.234 e. The molecule has 0 aromatic heterocycles. The number of thioether (sulfide) groups is 1. The molecule has 5 heteroatoms. The number of benzene rings is 2. The lowest BCUT2D eigenvalue weighted by Gasteiger charge is -2.30. The van der Waals surface area contributed by atoms with Crippen LogP contribution >= 0.6 is 11.8 Å². The number of aryl methyl sites for hydroxylation is 1. The zero-order chi connectivity index (χ0) is 19.8. The molecule has 2 amide bonds. The number of amides is 2. The topological polar surface area (TPSA) is 58.2 Å².